The molecule has 1 aromatic carbocycles. The van der Waals surface area contributed by atoms with Crippen molar-refractivity contribution in [2.45, 2.75) is 31.3 Å². The van der Waals surface area contributed by atoms with Gasteiger partial charge in [-0.2, -0.15) is 24.9 Å². The summed E-state index contributed by atoms with van der Waals surface area (Å²) in [6, 6.07) is 4.30. The molecule has 0 bridgehead atoms. The summed E-state index contributed by atoms with van der Waals surface area (Å²) in [7, 11) is 0. The molecule has 1 aliphatic heterocycles. The van der Waals surface area contributed by atoms with Crippen molar-refractivity contribution in [2.24, 2.45) is 5.73 Å². The van der Waals surface area contributed by atoms with E-state index >= 15 is 0 Å². The van der Waals surface area contributed by atoms with Gasteiger partial charge in [0.15, 0.2) is 0 Å². The van der Waals surface area contributed by atoms with E-state index in [1.54, 1.807) is 12.1 Å². The third-order valence-corrected chi connectivity index (χ3v) is 4.95. The molecule has 1 heterocycles. The molecule has 1 aromatic rings. The van der Waals surface area contributed by atoms with E-state index in [2.05, 4.69) is 11.8 Å². The molecule has 0 aromatic heterocycles. The van der Waals surface area contributed by atoms with Crippen molar-refractivity contribution in [2.75, 3.05) is 23.7 Å². The zero-order chi connectivity index (χ0) is 14.8. The molecule has 0 amide bonds. The Balaban J connectivity index is 2.25. The fourth-order valence-corrected chi connectivity index (χ4v) is 3.60. The maximum Gasteiger partial charge on any atom is 0.416 e. The standard InChI is InChI=1S/C14H19F3N2S/c1-2-12-9-19(5-6-20-12)11-3-4-13(14(15,16)17)10(7-11)8-18/h3-4,7,12H,2,5-6,8-9,18H2,1H3. The second kappa shape index (κ2) is 6.26. The lowest BCUT2D eigenvalue weighted by Gasteiger charge is -2.34. The molecule has 0 aliphatic carbocycles. The Bertz CT molecular complexity index is 462. The van der Waals surface area contributed by atoms with Crippen LogP contribution < -0.4 is 10.6 Å². The van der Waals surface area contributed by atoms with Crippen LogP contribution >= 0.6 is 11.8 Å². The monoisotopic (exact) mass is 304 g/mol. The fraction of sp³-hybridized carbons (Fsp3) is 0.571. The Kier molecular flexibility index (Phi) is 4.86. The van der Waals surface area contributed by atoms with E-state index in [-0.39, 0.29) is 12.1 Å². The molecule has 1 saturated heterocycles. The number of halogens is 3. The number of rotatable bonds is 3. The maximum absolute atomic E-state index is 12.9. The average molecular weight is 304 g/mol. The van der Waals surface area contributed by atoms with Crippen LogP contribution in [0.2, 0.25) is 0 Å². The van der Waals surface area contributed by atoms with Crippen molar-refractivity contribution in [3.63, 3.8) is 0 Å². The van der Waals surface area contributed by atoms with Gasteiger partial charge in [0.1, 0.15) is 0 Å². The Morgan fingerprint density at radius 3 is 2.75 bits per heavy atom. The fourth-order valence-electron chi connectivity index (χ4n) is 2.42. The highest BCUT2D eigenvalue weighted by Gasteiger charge is 2.33. The summed E-state index contributed by atoms with van der Waals surface area (Å²) in [5.41, 5.74) is 5.87. The number of hydrogen-bond acceptors (Lipinski definition) is 3. The van der Waals surface area contributed by atoms with E-state index in [0.29, 0.717) is 5.25 Å². The van der Waals surface area contributed by atoms with E-state index in [1.807, 2.05) is 11.8 Å². The van der Waals surface area contributed by atoms with Gasteiger partial charge in [-0.15, -0.1) is 0 Å². The van der Waals surface area contributed by atoms with Gasteiger partial charge >= 0.3 is 6.18 Å². The second-order valence-corrected chi connectivity index (χ2v) is 6.30. The van der Waals surface area contributed by atoms with Crippen LogP contribution in [0.25, 0.3) is 0 Å². The van der Waals surface area contributed by atoms with E-state index in [0.717, 1.165) is 37.0 Å². The molecular formula is C14H19F3N2S. The summed E-state index contributed by atoms with van der Waals surface area (Å²) < 4.78 is 38.6. The van der Waals surface area contributed by atoms with Gasteiger partial charge in [0, 0.05) is 36.3 Å². The number of hydrogen-bond donors (Lipinski definition) is 1. The van der Waals surface area contributed by atoms with Crippen LogP contribution in [0.4, 0.5) is 18.9 Å². The molecule has 1 atom stereocenters. The smallest absolute Gasteiger partial charge is 0.370 e. The summed E-state index contributed by atoms with van der Waals surface area (Å²) in [5.74, 6) is 1.01. The zero-order valence-electron chi connectivity index (χ0n) is 11.4. The van der Waals surface area contributed by atoms with Crippen molar-refractivity contribution in [3.05, 3.63) is 29.3 Å². The van der Waals surface area contributed by atoms with Gasteiger partial charge in [0.25, 0.3) is 0 Å². The van der Waals surface area contributed by atoms with E-state index < -0.39 is 11.7 Å². The first-order valence-corrected chi connectivity index (χ1v) is 7.77. The number of alkyl halides is 3. The number of nitrogens with two attached hydrogens (primary N) is 1. The molecule has 6 heteroatoms. The quantitative estimate of drug-likeness (QED) is 0.927. The third kappa shape index (κ3) is 3.41. The molecule has 2 rings (SSSR count). The zero-order valence-corrected chi connectivity index (χ0v) is 12.2. The first-order chi connectivity index (χ1) is 9.45. The van der Waals surface area contributed by atoms with E-state index in [9.17, 15) is 13.2 Å². The lowest BCUT2D eigenvalue weighted by molar-refractivity contribution is -0.138. The first-order valence-electron chi connectivity index (χ1n) is 6.72. The molecule has 2 N–H and O–H groups in total. The minimum absolute atomic E-state index is 0.0948. The van der Waals surface area contributed by atoms with Crippen LogP contribution in [0.1, 0.15) is 24.5 Å². The highest BCUT2D eigenvalue weighted by atomic mass is 32.2. The minimum atomic E-state index is -4.34. The highest BCUT2D eigenvalue weighted by molar-refractivity contribution is 8.00. The summed E-state index contributed by atoms with van der Waals surface area (Å²) in [4.78, 5) is 2.16. The van der Waals surface area contributed by atoms with Crippen LogP contribution in [-0.4, -0.2) is 24.1 Å². The molecule has 1 unspecified atom stereocenters. The van der Waals surface area contributed by atoms with Crippen LogP contribution in [0.15, 0.2) is 18.2 Å². The highest BCUT2D eigenvalue weighted by Crippen LogP contribution is 2.34. The van der Waals surface area contributed by atoms with Crippen molar-refractivity contribution in [1.29, 1.82) is 0 Å². The lowest BCUT2D eigenvalue weighted by Crippen LogP contribution is -2.37. The normalized spacial score (nSPS) is 20.2. The van der Waals surface area contributed by atoms with Crippen molar-refractivity contribution < 1.29 is 13.2 Å². The number of anilines is 1. The van der Waals surface area contributed by atoms with E-state index in [4.69, 9.17) is 5.73 Å². The molecule has 1 aliphatic rings. The molecule has 0 spiro atoms. The Morgan fingerprint density at radius 2 is 2.15 bits per heavy atom. The summed E-state index contributed by atoms with van der Waals surface area (Å²) >= 11 is 1.93. The van der Waals surface area contributed by atoms with Gasteiger partial charge in [-0.05, 0) is 30.2 Å². The summed E-state index contributed by atoms with van der Waals surface area (Å²) in [6.07, 6.45) is -3.26. The molecule has 0 saturated carbocycles. The average Bonchev–Trinajstić information content (AvgIpc) is 2.45. The van der Waals surface area contributed by atoms with Gasteiger partial charge in [0.05, 0.1) is 5.56 Å². The van der Waals surface area contributed by atoms with Crippen LogP contribution in [0, 0.1) is 0 Å². The van der Waals surface area contributed by atoms with Gasteiger partial charge in [0.2, 0.25) is 0 Å². The van der Waals surface area contributed by atoms with Gasteiger partial charge in [-0.1, -0.05) is 6.92 Å². The largest absolute Gasteiger partial charge is 0.416 e. The van der Waals surface area contributed by atoms with Crippen molar-refractivity contribution in [1.82, 2.24) is 0 Å². The SMILES string of the molecule is CCC1CN(c2ccc(C(F)(F)F)c(CN)c2)CCS1. The van der Waals surface area contributed by atoms with Gasteiger partial charge in [-0.25, -0.2) is 0 Å². The molecule has 20 heavy (non-hydrogen) atoms. The molecule has 1 fully saturated rings. The van der Waals surface area contributed by atoms with Gasteiger partial charge in [-0.3, -0.25) is 0 Å². The predicted octanol–water partition coefficient (Wildman–Crippen LogP) is 3.50. The van der Waals surface area contributed by atoms with Gasteiger partial charge < -0.3 is 10.6 Å². The Hall–Kier alpha value is -0.880. The summed E-state index contributed by atoms with van der Waals surface area (Å²) in [6.45, 7) is 3.80. The Labute approximate surface area is 121 Å². The number of thioether (sulfide) groups is 1. The molecule has 2 nitrogen and oxygen atoms in total. The topological polar surface area (TPSA) is 29.3 Å². The van der Waals surface area contributed by atoms with Crippen molar-refractivity contribution in [3.8, 4) is 0 Å². The second-order valence-electron chi connectivity index (χ2n) is 4.89. The summed E-state index contributed by atoms with van der Waals surface area (Å²) in [5, 5.41) is 0.548. The lowest BCUT2D eigenvalue weighted by atomic mass is 10.1. The maximum atomic E-state index is 12.9. The van der Waals surface area contributed by atoms with Crippen LogP contribution in [-0.2, 0) is 12.7 Å². The van der Waals surface area contributed by atoms with Crippen LogP contribution in [0.5, 0.6) is 0 Å². The first kappa shape index (κ1) is 15.5. The minimum Gasteiger partial charge on any atom is -0.370 e. The van der Waals surface area contributed by atoms with E-state index in [1.165, 1.54) is 0 Å². The molecular weight excluding hydrogens is 285 g/mol. The number of benzene rings is 1. The molecule has 112 valence electrons. The Morgan fingerprint density at radius 1 is 1.40 bits per heavy atom. The van der Waals surface area contributed by atoms with Crippen molar-refractivity contribution >= 4 is 17.4 Å². The predicted molar refractivity (Wildman–Crippen MR) is 78.1 cm³/mol. The van der Waals surface area contributed by atoms with Crippen LogP contribution in [0.3, 0.4) is 0 Å². The molecule has 0 radical (unpaired) electrons. The number of nitrogens with zero attached hydrogens (tertiary/aromatic N) is 1. The third-order valence-electron chi connectivity index (χ3n) is 3.57.